The summed E-state index contributed by atoms with van der Waals surface area (Å²) in [5.74, 6) is 1.08. The SMILES string of the molecule is NC1CCN(CCOc2ccc(N3CCCC3=O)cc2)CC1. The normalized spacial score (nSPS) is 20.6. The highest BCUT2D eigenvalue weighted by Crippen LogP contribution is 2.23. The molecule has 2 heterocycles. The molecule has 0 unspecified atom stereocenters. The highest BCUT2D eigenvalue weighted by molar-refractivity contribution is 5.95. The Kier molecular flexibility index (Phi) is 4.95. The number of ether oxygens (including phenoxy) is 1. The van der Waals surface area contributed by atoms with Crippen LogP contribution in [-0.4, -0.2) is 49.6 Å². The van der Waals surface area contributed by atoms with Gasteiger partial charge in [-0.15, -0.1) is 0 Å². The van der Waals surface area contributed by atoms with Crippen molar-refractivity contribution in [1.29, 1.82) is 0 Å². The van der Waals surface area contributed by atoms with Crippen LogP contribution in [0.1, 0.15) is 25.7 Å². The topological polar surface area (TPSA) is 58.8 Å². The van der Waals surface area contributed by atoms with E-state index in [0.29, 0.717) is 19.1 Å². The molecular weight excluding hydrogens is 278 g/mol. The molecule has 0 atom stereocenters. The van der Waals surface area contributed by atoms with Gasteiger partial charge in [-0.1, -0.05) is 0 Å². The quantitative estimate of drug-likeness (QED) is 0.898. The fourth-order valence-corrected chi connectivity index (χ4v) is 3.11. The van der Waals surface area contributed by atoms with E-state index in [1.54, 1.807) is 0 Å². The summed E-state index contributed by atoms with van der Waals surface area (Å²) in [5.41, 5.74) is 6.88. The molecule has 5 heteroatoms. The van der Waals surface area contributed by atoms with E-state index in [4.69, 9.17) is 10.5 Å². The first-order chi connectivity index (χ1) is 10.7. The number of nitrogens with two attached hydrogens (primary N) is 1. The van der Waals surface area contributed by atoms with Crippen molar-refractivity contribution in [3.05, 3.63) is 24.3 Å². The highest BCUT2D eigenvalue weighted by Gasteiger charge is 2.21. The van der Waals surface area contributed by atoms with Crippen molar-refractivity contribution >= 4 is 11.6 Å². The molecule has 2 saturated heterocycles. The summed E-state index contributed by atoms with van der Waals surface area (Å²) in [4.78, 5) is 16.0. The second kappa shape index (κ2) is 7.11. The summed E-state index contributed by atoms with van der Waals surface area (Å²) in [5, 5.41) is 0. The van der Waals surface area contributed by atoms with Crippen molar-refractivity contribution in [2.24, 2.45) is 5.73 Å². The third kappa shape index (κ3) is 3.78. The molecule has 120 valence electrons. The van der Waals surface area contributed by atoms with E-state index in [9.17, 15) is 4.79 Å². The first-order valence-electron chi connectivity index (χ1n) is 8.23. The molecule has 0 aliphatic carbocycles. The third-order valence-corrected chi connectivity index (χ3v) is 4.53. The van der Waals surface area contributed by atoms with Crippen LogP contribution in [0.25, 0.3) is 0 Å². The average Bonchev–Trinajstić information content (AvgIpc) is 2.96. The van der Waals surface area contributed by atoms with Crippen LogP contribution in [0.4, 0.5) is 5.69 Å². The Bertz CT molecular complexity index is 495. The van der Waals surface area contributed by atoms with E-state index in [1.165, 1.54) is 0 Å². The van der Waals surface area contributed by atoms with Gasteiger partial charge in [0.1, 0.15) is 12.4 Å². The smallest absolute Gasteiger partial charge is 0.227 e. The summed E-state index contributed by atoms with van der Waals surface area (Å²) >= 11 is 0. The van der Waals surface area contributed by atoms with Gasteiger partial charge in [0.15, 0.2) is 0 Å². The van der Waals surface area contributed by atoms with Gasteiger partial charge in [-0.2, -0.15) is 0 Å². The monoisotopic (exact) mass is 303 g/mol. The maximum Gasteiger partial charge on any atom is 0.227 e. The van der Waals surface area contributed by atoms with Crippen LogP contribution in [0.2, 0.25) is 0 Å². The number of nitrogens with zero attached hydrogens (tertiary/aromatic N) is 2. The van der Waals surface area contributed by atoms with Gasteiger partial charge in [-0.05, 0) is 56.6 Å². The molecule has 1 aromatic rings. The first-order valence-corrected chi connectivity index (χ1v) is 8.23. The Morgan fingerprint density at radius 3 is 2.50 bits per heavy atom. The number of hydrogen-bond donors (Lipinski definition) is 1. The third-order valence-electron chi connectivity index (χ3n) is 4.53. The maximum absolute atomic E-state index is 11.7. The van der Waals surface area contributed by atoms with E-state index < -0.39 is 0 Å². The second-order valence-electron chi connectivity index (χ2n) is 6.17. The Hall–Kier alpha value is -1.59. The van der Waals surface area contributed by atoms with E-state index in [2.05, 4.69) is 4.90 Å². The van der Waals surface area contributed by atoms with E-state index >= 15 is 0 Å². The number of hydrogen-bond acceptors (Lipinski definition) is 4. The van der Waals surface area contributed by atoms with Crippen LogP contribution in [-0.2, 0) is 4.79 Å². The van der Waals surface area contributed by atoms with Crippen LogP contribution < -0.4 is 15.4 Å². The summed E-state index contributed by atoms with van der Waals surface area (Å²) < 4.78 is 5.80. The Labute approximate surface area is 132 Å². The molecule has 3 rings (SSSR count). The van der Waals surface area contributed by atoms with Crippen molar-refractivity contribution in [2.75, 3.05) is 37.7 Å². The molecule has 22 heavy (non-hydrogen) atoms. The van der Waals surface area contributed by atoms with Gasteiger partial charge in [0.2, 0.25) is 5.91 Å². The predicted molar refractivity (Wildman–Crippen MR) is 87.2 cm³/mol. The van der Waals surface area contributed by atoms with Crippen molar-refractivity contribution in [2.45, 2.75) is 31.7 Å². The van der Waals surface area contributed by atoms with E-state index in [-0.39, 0.29) is 5.91 Å². The lowest BCUT2D eigenvalue weighted by Crippen LogP contribution is -2.41. The van der Waals surface area contributed by atoms with Crippen LogP contribution >= 0.6 is 0 Å². The van der Waals surface area contributed by atoms with Gasteiger partial charge in [-0.25, -0.2) is 0 Å². The Balaban J connectivity index is 1.44. The zero-order valence-electron chi connectivity index (χ0n) is 13.0. The van der Waals surface area contributed by atoms with Gasteiger partial charge in [0.25, 0.3) is 0 Å². The Morgan fingerprint density at radius 1 is 1.14 bits per heavy atom. The summed E-state index contributed by atoms with van der Waals surface area (Å²) in [6.07, 6.45) is 3.78. The first kappa shape index (κ1) is 15.3. The number of rotatable bonds is 5. The van der Waals surface area contributed by atoms with Crippen molar-refractivity contribution < 1.29 is 9.53 Å². The van der Waals surface area contributed by atoms with E-state index in [0.717, 1.165) is 56.9 Å². The van der Waals surface area contributed by atoms with Crippen LogP contribution in [0, 0.1) is 0 Å². The van der Waals surface area contributed by atoms with Crippen LogP contribution in [0.3, 0.4) is 0 Å². The van der Waals surface area contributed by atoms with Crippen molar-refractivity contribution in [3.8, 4) is 5.75 Å². The number of likely N-dealkylation sites (tertiary alicyclic amines) is 1. The molecule has 2 aliphatic rings. The van der Waals surface area contributed by atoms with Crippen LogP contribution in [0.5, 0.6) is 5.75 Å². The van der Waals surface area contributed by atoms with Gasteiger partial charge in [0, 0.05) is 31.2 Å². The van der Waals surface area contributed by atoms with Gasteiger partial charge in [0.05, 0.1) is 0 Å². The lowest BCUT2D eigenvalue weighted by atomic mass is 10.1. The van der Waals surface area contributed by atoms with E-state index in [1.807, 2.05) is 29.2 Å². The summed E-state index contributed by atoms with van der Waals surface area (Å²) in [6.45, 7) is 4.60. The molecule has 0 spiro atoms. The zero-order valence-corrected chi connectivity index (χ0v) is 13.0. The molecule has 0 radical (unpaired) electrons. The standard InChI is InChI=1S/C17H25N3O2/c18-14-7-10-19(11-8-14)12-13-22-16-5-3-15(4-6-16)20-9-1-2-17(20)21/h3-6,14H,1-2,7-13,18H2. The van der Waals surface area contributed by atoms with Crippen molar-refractivity contribution in [3.63, 3.8) is 0 Å². The fraction of sp³-hybridized carbons (Fsp3) is 0.588. The molecule has 2 fully saturated rings. The maximum atomic E-state index is 11.7. The summed E-state index contributed by atoms with van der Waals surface area (Å²) in [7, 11) is 0. The molecular formula is C17H25N3O2. The van der Waals surface area contributed by atoms with Gasteiger partial charge in [-0.3, -0.25) is 9.69 Å². The molecule has 5 nitrogen and oxygen atoms in total. The lowest BCUT2D eigenvalue weighted by molar-refractivity contribution is -0.117. The molecule has 0 bridgehead atoms. The van der Waals surface area contributed by atoms with Gasteiger partial charge < -0.3 is 15.4 Å². The number of anilines is 1. The minimum absolute atomic E-state index is 0.219. The summed E-state index contributed by atoms with van der Waals surface area (Å²) in [6, 6.07) is 8.22. The van der Waals surface area contributed by atoms with Crippen LogP contribution in [0.15, 0.2) is 24.3 Å². The average molecular weight is 303 g/mol. The molecule has 0 aromatic heterocycles. The number of carbonyl (C=O) groups excluding carboxylic acids is 1. The molecule has 0 saturated carbocycles. The largest absolute Gasteiger partial charge is 0.492 e. The fourth-order valence-electron chi connectivity index (χ4n) is 3.11. The van der Waals surface area contributed by atoms with Gasteiger partial charge >= 0.3 is 0 Å². The second-order valence-corrected chi connectivity index (χ2v) is 6.17. The number of piperidine rings is 1. The highest BCUT2D eigenvalue weighted by atomic mass is 16.5. The number of benzene rings is 1. The molecule has 1 aromatic carbocycles. The number of carbonyl (C=O) groups is 1. The minimum Gasteiger partial charge on any atom is -0.492 e. The number of amides is 1. The van der Waals surface area contributed by atoms with Crippen molar-refractivity contribution in [1.82, 2.24) is 4.90 Å². The molecule has 1 amide bonds. The zero-order chi connectivity index (χ0) is 15.4. The predicted octanol–water partition coefficient (Wildman–Crippen LogP) is 1.62. The Morgan fingerprint density at radius 2 is 1.86 bits per heavy atom. The molecule has 2 N–H and O–H groups in total. The molecule has 2 aliphatic heterocycles. The lowest BCUT2D eigenvalue weighted by Gasteiger charge is -2.29. The minimum atomic E-state index is 0.219.